The molecular formula is C18H20N6O2. The summed E-state index contributed by atoms with van der Waals surface area (Å²) >= 11 is 0. The molecule has 3 heterocycles. The Bertz CT molecular complexity index is 974. The van der Waals surface area contributed by atoms with Crippen molar-refractivity contribution in [3.8, 4) is 11.4 Å². The number of aromatic nitrogens is 4. The predicted molar refractivity (Wildman–Crippen MR) is 95.7 cm³/mol. The van der Waals surface area contributed by atoms with Gasteiger partial charge in [0, 0.05) is 31.3 Å². The molecule has 4 rings (SSSR count). The van der Waals surface area contributed by atoms with Crippen LogP contribution in [0.2, 0.25) is 0 Å². The molecule has 0 atom stereocenters. The van der Waals surface area contributed by atoms with Crippen molar-refractivity contribution in [2.45, 2.75) is 26.9 Å². The fraction of sp³-hybridized carbons (Fsp3) is 0.333. The Kier molecular flexibility index (Phi) is 4.04. The van der Waals surface area contributed by atoms with E-state index in [4.69, 9.17) is 4.52 Å². The summed E-state index contributed by atoms with van der Waals surface area (Å²) in [7, 11) is 2.04. The first-order valence-electron chi connectivity index (χ1n) is 8.47. The van der Waals surface area contributed by atoms with Crippen LogP contribution in [0, 0.1) is 13.8 Å². The molecule has 1 N–H and O–H groups in total. The lowest BCUT2D eigenvalue weighted by Crippen LogP contribution is -2.32. The van der Waals surface area contributed by atoms with Crippen LogP contribution in [0.4, 0.5) is 5.69 Å². The lowest BCUT2D eigenvalue weighted by molar-refractivity contribution is 0.102. The van der Waals surface area contributed by atoms with Crippen molar-refractivity contribution < 1.29 is 9.32 Å². The van der Waals surface area contributed by atoms with Crippen LogP contribution in [-0.4, -0.2) is 44.3 Å². The highest BCUT2D eigenvalue weighted by Gasteiger charge is 2.22. The minimum absolute atomic E-state index is 0.161. The minimum Gasteiger partial charge on any atom is -0.339 e. The number of amides is 1. The molecular weight excluding hydrogens is 332 g/mol. The molecule has 2 aromatic heterocycles. The Hall–Kier alpha value is -3.00. The Labute approximate surface area is 150 Å². The van der Waals surface area contributed by atoms with Gasteiger partial charge in [-0.2, -0.15) is 10.1 Å². The molecule has 3 aromatic rings. The molecule has 134 valence electrons. The molecule has 0 fully saturated rings. The zero-order chi connectivity index (χ0) is 18.3. The van der Waals surface area contributed by atoms with Gasteiger partial charge in [-0.05, 0) is 25.6 Å². The fourth-order valence-electron chi connectivity index (χ4n) is 3.06. The van der Waals surface area contributed by atoms with Crippen molar-refractivity contribution in [1.82, 2.24) is 24.8 Å². The number of hydrogen-bond acceptors (Lipinski definition) is 6. The van der Waals surface area contributed by atoms with Crippen LogP contribution in [0.25, 0.3) is 11.4 Å². The average molecular weight is 352 g/mol. The van der Waals surface area contributed by atoms with Gasteiger partial charge >= 0.3 is 0 Å². The zero-order valence-corrected chi connectivity index (χ0v) is 15.0. The number of anilines is 1. The van der Waals surface area contributed by atoms with Crippen molar-refractivity contribution >= 4 is 11.6 Å². The average Bonchev–Trinajstić information content (AvgIpc) is 3.22. The molecule has 26 heavy (non-hydrogen) atoms. The number of likely N-dealkylation sites (N-methyl/N-ethyl adjacent to an activating group) is 1. The maximum atomic E-state index is 12.8. The Morgan fingerprint density at radius 1 is 1.27 bits per heavy atom. The van der Waals surface area contributed by atoms with Crippen molar-refractivity contribution in [3.05, 3.63) is 47.1 Å². The highest BCUT2D eigenvalue weighted by molar-refractivity contribution is 6.05. The third-order valence-corrected chi connectivity index (χ3v) is 4.58. The van der Waals surface area contributed by atoms with Crippen LogP contribution in [0.15, 0.2) is 28.9 Å². The normalized spacial score (nSPS) is 14.3. The van der Waals surface area contributed by atoms with Gasteiger partial charge in [0.15, 0.2) is 0 Å². The lowest BCUT2D eigenvalue weighted by Gasteiger charge is -2.24. The molecule has 0 saturated carbocycles. The van der Waals surface area contributed by atoms with Gasteiger partial charge in [-0.15, -0.1) is 0 Å². The van der Waals surface area contributed by atoms with E-state index >= 15 is 0 Å². The number of hydrogen-bond donors (Lipinski definition) is 1. The van der Waals surface area contributed by atoms with E-state index in [-0.39, 0.29) is 5.91 Å². The van der Waals surface area contributed by atoms with Crippen LogP contribution >= 0.6 is 0 Å². The molecule has 0 unspecified atom stereocenters. The Balaban J connectivity index is 1.61. The van der Waals surface area contributed by atoms with Crippen molar-refractivity contribution in [2.24, 2.45) is 0 Å². The standard InChI is InChI=1S/C18H20N6O2/c1-11-4-5-13(17-20-12(2)26-22-17)8-15(11)21-18(25)14-9-19-24-7-6-23(3)10-16(14)24/h4-5,8-9H,6-7,10H2,1-3H3,(H,21,25). The fourth-order valence-corrected chi connectivity index (χ4v) is 3.06. The van der Waals surface area contributed by atoms with Gasteiger partial charge in [-0.25, -0.2) is 0 Å². The van der Waals surface area contributed by atoms with Crippen LogP contribution < -0.4 is 5.32 Å². The highest BCUT2D eigenvalue weighted by Crippen LogP contribution is 2.25. The zero-order valence-electron chi connectivity index (χ0n) is 15.0. The third-order valence-electron chi connectivity index (χ3n) is 4.58. The Morgan fingerprint density at radius 2 is 2.12 bits per heavy atom. The van der Waals surface area contributed by atoms with Gasteiger partial charge in [0.25, 0.3) is 5.91 Å². The first-order valence-corrected chi connectivity index (χ1v) is 8.47. The number of rotatable bonds is 3. The second-order valence-corrected chi connectivity index (χ2v) is 6.59. The molecule has 1 aromatic carbocycles. The molecule has 8 heteroatoms. The number of nitrogens with zero attached hydrogens (tertiary/aromatic N) is 5. The van der Waals surface area contributed by atoms with Crippen molar-refractivity contribution in [3.63, 3.8) is 0 Å². The van der Waals surface area contributed by atoms with E-state index in [1.165, 1.54) is 0 Å². The summed E-state index contributed by atoms with van der Waals surface area (Å²) in [5.41, 5.74) is 4.02. The molecule has 0 saturated heterocycles. The van der Waals surface area contributed by atoms with Crippen molar-refractivity contribution in [2.75, 3.05) is 18.9 Å². The van der Waals surface area contributed by atoms with Crippen molar-refractivity contribution in [1.29, 1.82) is 0 Å². The van der Waals surface area contributed by atoms with E-state index in [9.17, 15) is 4.79 Å². The molecule has 1 aliphatic rings. The lowest BCUT2D eigenvalue weighted by atomic mass is 10.1. The van der Waals surface area contributed by atoms with Crippen LogP contribution in [0.5, 0.6) is 0 Å². The number of fused-ring (bicyclic) bond motifs is 1. The molecule has 0 bridgehead atoms. The SMILES string of the molecule is Cc1nc(-c2ccc(C)c(NC(=O)c3cnn4c3CN(C)CC4)c2)no1. The molecule has 1 amide bonds. The predicted octanol–water partition coefficient (Wildman–Crippen LogP) is 2.25. The van der Waals surface area contributed by atoms with E-state index in [2.05, 4.69) is 25.5 Å². The number of carbonyl (C=O) groups excluding carboxylic acids is 1. The van der Waals surface area contributed by atoms with Gasteiger partial charge in [-0.3, -0.25) is 14.4 Å². The minimum atomic E-state index is -0.161. The largest absolute Gasteiger partial charge is 0.339 e. The molecule has 0 radical (unpaired) electrons. The van der Waals surface area contributed by atoms with E-state index < -0.39 is 0 Å². The second-order valence-electron chi connectivity index (χ2n) is 6.59. The van der Waals surface area contributed by atoms with E-state index in [0.717, 1.165) is 35.6 Å². The van der Waals surface area contributed by atoms with Gasteiger partial charge in [0.2, 0.25) is 11.7 Å². The maximum Gasteiger partial charge on any atom is 0.259 e. The second kappa shape index (κ2) is 6.38. The summed E-state index contributed by atoms with van der Waals surface area (Å²) in [6, 6.07) is 5.70. The Morgan fingerprint density at radius 3 is 2.88 bits per heavy atom. The molecule has 0 spiro atoms. The third kappa shape index (κ3) is 2.99. The topological polar surface area (TPSA) is 89.1 Å². The van der Waals surface area contributed by atoms with Gasteiger partial charge in [-0.1, -0.05) is 17.3 Å². The number of carbonyl (C=O) groups is 1. The summed E-state index contributed by atoms with van der Waals surface area (Å²) in [5, 5.41) is 11.3. The van der Waals surface area contributed by atoms with Gasteiger partial charge in [0.05, 0.1) is 24.0 Å². The number of nitrogens with one attached hydrogen (secondary N) is 1. The summed E-state index contributed by atoms with van der Waals surface area (Å²) in [6.07, 6.45) is 1.64. The number of aryl methyl sites for hydroxylation is 2. The van der Waals surface area contributed by atoms with E-state index in [1.54, 1.807) is 13.1 Å². The maximum absolute atomic E-state index is 12.8. The molecule has 8 nitrogen and oxygen atoms in total. The smallest absolute Gasteiger partial charge is 0.259 e. The van der Waals surface area contributed by atoms with Crippen LogP contribution in [-0.2, 0) is 13.1 Å². The van der Waals surface area contributed by atoms with Crippen LogP contribution in [0.1, 0.15) is 27.5 Å². The number of benzene rings is 1. The summed E-state index contributed by atoms with van der Waals surface area (Å²) < 4.78 is 6.94. The van der Waals surface area contributed by atoms with Gasteiger partial charge < -0.3 is 9.84 Å². The van der Waals surface area contributed by atoms with E-state index in [0.29, 0.717) is 23.8 Å². The highest BCUT2D eigenvalue weighted by atomic mass is 16.5. The van der Waals surface area contributed by atoms with Crippen LogP contribution in [0.3, 0.4) is 0 Å². The molecule has 0 aliphatic carbocycles. The summed E-state index contributed by atoms with van der Waals surface area (Å²) in [4.78, 5) is 19.2. The first-order chi connectivity index (χ1) is 12.5. The quantitative estimate of drug-likeness (QED) is 0.778. The van der Waals surface area contributed by atoms with E-state index in [1.807, 2.05) is 36.9 Å². The van der Waals surface area contributed by atoms with Gasteiger partial charge in [0.1, 0.15) is 0 Å². The monoisotopic (exact) mass is 352 g/mol. The molecule has 1 aliphatic heterocycles. The summed E-state index contributed by atoms with van der Waals surface area (Å²) in [5.74, 6) is 0.843. The summed E-state index contributed by atoms with van der Waals surface area (Å²) in [6.45, 7) is 6.13. The first kappa shape index (κ1) is 16.5.